The van der Waals surface area contributed by atoms with E-state index in [1.807, 2.05) is 24.3 Å². The minimum absolute atomic E-state index is 0.0447. The van der Waals surface area contributed by atoms with Crippen LogP contribution in [0.25, 0.3) is 0 Å². The van der Waals surface area contributed by atoms with Crippen LogP contribution < -0.4 is 10.1 Å². The summed E-state index contributed by atoms with van der Waals surface area (Å²) in [5, 5.41) is 4.09. The van der Waals surface area contributed by atoms with Gasteiger partial charge in [0.05, 0.1) is 13.7 Å². The van der Waals surface area contributed by atoms with Crippen molar-refractivity contribution in [3.63, 3.8) is 0 Å². The predicted molar refractivity (Wildman–Crippen MR) is 138 cm³/mol. The van der Waals surface area contributed by atoms with E-state index in [2.05, 4.69) is 34.6 Å². The summed E-state index contributed by atoms with van der Waals surface area (Å²) in [6.45, 7) is 0.493. The third-order valence-electron chi connectivity index (χ3n) is 8.01. The van der Waals surface area contributed by atoms with Crippen molar-refractivity contribution in [2.45, 2.75) is 49.5 Å². The molecule has 7 heteroatoms. The average molecular weight is 509 g/mol. The van der Waals surface area contributed by atoms with Gasteiger partial charge < -0.3 is 14.8 Å². The Morgan fingerprint density at radius 3 is 2.67 bits per heavy atom. The van der Waals surface area contributed by atoms with Gasteiger partial charge in [0.2, 0.25) is 5.95 Å². The topological polar surface area (TPSA) is 60.5 Å². The Morgan fingerprint density at radius 1 is 1.11 bits per heavy atom. The molecule has 3 aromatic rings. The number of aromatic nitrogens is 1. The number of ether oxygens (including phenoxy) is 2. The summed E-state index contributed by atoms with van der Waals surface area (Å²) in [5.41, 5.74) is 2.71. The minimum atomic E-state index is -0.808. The van der Waals surface area contributed by atoms with E-state index in [9.17, 15) is 9.18 Å². The Bertz CT molecular complexity index is 1240. The number of hydrogen-bond acceptors (Lipinski definition) is 5. The van der Waals surface area contributed by atoms with E-state index in [1.165, 1.54) is 30.5 Å². The third kappa shape index (κ3) is 4.66. The number of pyridine rings is 1. The number of carbonyl (C=O) groups excluding carboxylic acids is 1. The fourth-order valence-electron chi connectivity index (χ4n) is 6.26. The third-order valence-corrected chi connectivity index (χ3v) is 8.25. The lowest BCUT2D eigenvalue weighted by atomic mass is 9.60. The molecule has 1 saturated carbocycles. The normalized spacial score (nSPS) is 24.8. The second kappa shape index (κ2) is 10.1. The molecule has 0 saturated heterocycles. The average Bonchev–Trinajstić information content (AvgIpc) is 3.18. The molecule has 1 heterocycles. The molecule has 2 aliphatic rings. The van der Waals surface area contributed by atoms with Crippen LogP contribution in [0.2, 0.25) is 5.02 Å². The zero-order chi connectivity index (χ0) is 25.2. The molecular formula is C29H30ClFN2O3. The second-order valence-electron chi connectivity index (χ2n) is 9.87. The van der Waals surface area contributed by atoms with Crippen molar-refractivity contribution < 1.29 is 18.7 Å². The molecule has 36 heavy (non-hydrogen) atoms. The monoisotopic (exact) mass is 508 g/mol. The van der Waals surface area contributed by atoms with Gasteiger partial charge in [-0.1, -0.05) is 41.9 Å². The molecule has 1 fully saturated rings. The molecule has 5 rings (SSSR count). The van der Waals surface area contributed by atoms with E-state index in [0.717, 1.165) is 31.4 Å². The molecule has 5 nitrogen and oxygen atoms in total. The van der Waals surface area contributed by atoms with E-state index < -0.39 is 11.5 Å². The van der Waals surface area contributed by atoms with E-state index in [0.29, 0.717) is 36.1 Å². The van der Waals surface area contributed by atoms with Gasteiger partial charge in [0.15, 0.2) is 0 Å². The fourth-order valence-corrected chi connectivity index (χ4v) is 6.45. The van der Waals surface area contributed by atoms with Crippen LogP contribution in [0.5, 0.6) is 5.75 Å². The number of esters is 1. The van der Waals surface area contributed by atoms with Crippen molar-refractivity contribution in [2.75, 3.05) is 19.0 Å². The quantitative estimate of drug-likeness (QED) is 0.297. The van der Waals surface area contributed by atoms with Gasteiger partial charge >= 0.3 is 5.97 Å². The van der Waals surface area contributed by atoms with E-state index in [4.69, 9.17) is 21.1 Å². The zero-order valence-corrected chi connectivity index (χ0v) is 21.1. The van der Waals surface area contributed by atoms with Gasteiger partial charge in [-0.3, -0.25) is 0 Å². The van der Waals surface area contributed by atoms with Crippen LogP contribution in [0.15, 0.2) is 66.9 Å². The van der Waals surface area contributed by atoms with E-state index in [-0.39, 0.29) is 11.4 Å². The molecule has 2 aromatic carbocycles. The van der Waals surface area contributed by atoms with Gasteiger partial charge in [0, 0.05) is 23.0 Å². The number of rotatable bonds is 7. The predicted octanol–water partition coefficient (Wildman–Crippen LogP) is 6.35. The standard InChI is InChI=1S/C29H30ClFN2O3/c1-35-27(34)29(33-23-7-4-6-22(30)18-23)13-11-28(12-14-29)21(17-20-5-2-3-8-25(20)28)10-16-36-24-9-15-32-26(31)19-24/h2-9,15,18-19,21,33H,10-14,16-17H2,1H3. The maximum Gasteiger partial charge on any atom is 0.331 e. The number of nitrogens with one attached hydrogen (secondary N) is 1. The van der Waals surface area contributed by atoms with Crippen molar-refractivity contribution in [1.29, 1.82) is 0 Å². The maximum absolute atomic E-state index is 13.5. The fraction of sp³-hybridized carbons (Fsp3) is 0.379. The first-order valence-electron chi connectivity index (χ1n) is 12.4. The highest BCUT2D eigenvalue weighted by molar-refractivity contribution is 6.30. The maximum atomic E-state index is 13.5. The number of benzene rings is 2. The lowest BCUT2D eigenvalue weighted by molar-refractivity contribution is -0.148. The van der Waals surface area contributed by atoms with Crippen LogP contribution in [0.1, 0.15) is 43.2 Å². The molecule has 0 aliphatic heterocycles. The summed E-state index contributed by atoms with van der Waals surface area (Å²) in [5.74, 6) is 0.0635. The Hall–Kier alpha value is -3.12. The van der Waals surface area contributed by atoms with Crippen molar-refractivity contribution >= 4 is 23.3 Å². The number of anilines is 1. The van der Waals surface area contributed by atoms with Crippen LogP contribution in [0.4, 0.5) is 10.1 Å². The van der Waals surface area contributed by atoms with Gasteiger partial charge in [0.25, 0.3) is 0 Å². The van der Waals surface area contributed by atoms with Crippen molar-refractivity contribution in [3.05, 3.63) is 89.0 Å². The Balaban J connectivity index is 1.37. The smallest absolute Gasteiger partial charge is 0.331 e. The number of carbonyl (C=O) groups is 1. The molecule has 1 atom stereocenters. The molecule has 0 bridgehead atoms. The van der Waals surface area contributed by atoms with Crippen LogP contribution in [0.3, 0.4) is 0 Å². The summed E-state index contributed by atoms with van der Waals surface area (Å²) in [6.07, 6.45) is 6.21. The molecule has 2 aliphatic carbocycles. The second-order valence-corrected chi connectivity index (χ2v) is 10.3. The lowest BCUT2D eigenvalue weighted by Crippen LogP contribution is -2.53. The molecule has 0 radical (unpaired) electrons. The van der Waals surface area contributed by atoms with Crippen LogP contribution in [-0.2, 0) is 21.4 Å². The number of fused-ring (bicyclic) bond motifs is 2. The largest absolute Gasteiger partial charge is 0.493 e. The summed E-state index contributed by atoms with van der Waals surface area (Å²) >= 11 is 6.20. The van der Waals surface area contributed by atoms with Gasteiger partial charge in [-0.15, -0.1) is 0 Å². The Labute approximate surface area is 216 Å². The van der Waals surface area contributed by atoms with Crippen LogP contribution >= 0.6 is 11.6 Å². The van der Waals surface area contributed by atoms with Gasteiger partial charge in [-0.2, -0.15) is 4.39 Å². The highest BCUT2D eigenvalue weighted by Gasteiger charge is 2.54. The summed E-state index contributed by atoms with van der Waals surface area (Å²) in [4.78, 5) is 16.7. The number of halogens is 2. The van der Waals surface area contributed by atoms with Gasteiger partial charge in [-0.05, 0) is 85.3 Å². The SMILES string of the molecule is COC(=O)C1(Nc2cccc(Cl)c2)CCC2(CC1)c1ccccc1CC2CCOc1ccnc(F)c1. The molecule has 0 amide bonds. The molecule has 188 valence electrons. The first-order valence-corrected chi connectivity index (χ1v) is 12.8. The molecule has 1 aromatic heterocycles. The molecule has 1 unspecified atom stereocenters. The number of hydrogen-bond donors (Lipinski definition) is 1. The van der Waals surface area contributed by atoms with Crippen molar-refractivity contribution in [2.24, 2.45) is 5.92 Å². The van der Waals surface area contributed by atoms with Gasteiger partial charge in [0.1, 0.15) is 11.3 Å². The first-order chi connectivity index (χ1) is 17.4. The summed E-state index contributed by atoms with van der Waals surface area (Å²) in [6, 6.07) is 19.1. The Morgan fingerprint density at radius 2 is 1.92 bits per heavy atom. The minimum Gasteiger partial charge on any atom is -0.493 e. The van der Waals surface area contributed by atoms with E-state index in [1.54, 1.807) is 6.07 Å². The summed E-state index contributed by atoms with van der Waals surface area (Å²) < 4.78 is 24.6. The molecule has 1 N–H and O–H groups in total. The highest BCUT2D eigenvalue weighted by Crippen LogP contribution is 2.55. The highest BCUT2D eigenvalue weighted by atomic mass is 35.5. The van der Waals surface area contributed by atoms with Crippen molar-refractivity contribution in [1.82, 2.24) is 4.98 Å². The van der Waals surface area contributed by atoms with Gasteiger partial charge in [-0.25, -0.2) is 9.78 Å². The molecular weight excluding hydrogens is 479 g/mol. The van der Waals surface area contributed by atoms with Crippen molar-refractivity contribution in [3.8, 4) is 5.75 Å². The number of methoxy groups -OCH3 is 1. The van der Waals surface area contributed by atoms with Crippen LogP contribution in [-0.4, -0.2) is 30.2 Å². The summed E-state index contributed by atoms with van der Waals surface area (Å²) in [7, 11) is 1.45. The molecule has 1 spiro atoms. The first kappa shape index (κ1) is 24.6. The number of nitrogens with zero attached hydrogens (tertiary/aromatic N) is 1. The van der Waals surface area contributed by atoms with Crippen LogP contribution in [0, 0.1) is 11.9 Å². The van der Waals surface area contributed by atoms with E-state index >= 15 is 0 Å². The Kier molecular flexibility index (Phi) is 6.89. The zero-order valence-electron chi connectivity index (χ0n) is 20.3. The lowest BCUT2D eigenvalue weighted by Gasteiger charge is -2.47.